The Morgan fingerprint density at radius 3 is 2.44 bits per heavy atom. The van der Waals surface area contributed by atoms with Crippen LogP contribution in [0.2, 0.25) is 0 Å². The number of hydrogen-bond donors (Lipinski definition) is 2. The van der Waals surface area contributed by atoms with Crippen LogP contribution < -0.4 is 5.06 Å². The summed E-state index contributed by atoms with van der Waals surface area (Å²) in [4.78, 5) is 7.82. The summed E-state index contributed by atoms with van der Waals surface area (Å²) in [6.07, 6.45) is 4.73. The van der Waals surface area contributed by atoms with Crippen LogP contribution in [0.4, 0.5) is 5.69 Å². The van der Waals surface area contributed by atoms with E-state index >= 15 is 0 Å². The van der Waals surface area contributed by atoms with Crippen LogP contribution in [-0.2, 0) is 0 Å². The Morgan fingerprint density at radius 2 is 1.83 bits per heavy atom. The maximum absolute atomic E-state index is 9.99. The van der Waals surface area contributed by atoms with Crippen molar-refractivity contribution in [1.82, 2.24) is 9.97 Å². The molecule has 2 rings (SSSR count). The first-order chi connectivity index (χ1) is 8.70. The number of nitrogens with zero attached hydrogens (tertiary/aromatic N) is 3. The van der Waals surface area contributed by atoms with E-state index in [1.165, 1.54) is 6.33 Å². The number of hydrogen-bond acceptors (Lipinski definition) is 4. The Kier molecular flexibility index (Phi) is 3.64. The SMILES string of the molecule is CC(C(=N)N(O)c1ccccc1)c1cncnc1. The lowest BCUT2D eigenvalue weighted by Crippen LogP contribution is -2.30. The number of nitrogens with one attached hydrogen (secondary N) is 1. The van der Waals surface area contributed by atoms with Gasteiger partial charge in [-0.15, -0.1) is 0 Å². The van der Waals surface area contributed by atoms with Gasteiger partial charge in [0.15, 0.2) is 0 Å². The Labute approximate surface area is 105 Å². The van der Waals surface area contributed by atoms with Crippen LogP contribution in [0.25, 0.3) is 0 Å². The van der Waals surface area contributed by atoms with Crippen LogP contribution in [-0.4, -0.2) is 21.0 Å². The zero-order valence-electron chi connectivity index (χ0n) is 9.99. The Bertz CT molecular complexity index is 468. The summed E-state index contributed by atoms with van der Waals surface area (Å²) in [7, 11) is 0. The summed E-state index contributed by atoms with van der Waals surface area (Å²) >= 11 is 0. The van der Waals surface area contributed by atoms with Crippen LogP contribution in [0.15, 0.2) is 49.1 Å². The van der Waals surface area contributed by atoms with Gasteiger partial charge >= 0.3 is 0 Å². The molecule has 0 aliphatic rings. The predicted molar refractivity (Wildman–Crippen MR) is 68.9 cm³/mol. The van der Waals surface area contributed by atoms with Gasteiger partial charge in [0, 0.05) is 18.3 Å². The molecule has 1 aromatic carbocycles. The van der Waals surface area contributed by atoms with Gasteiger partial charge in [-0.1, -0.05) is 25.1 Å². The number of amidine groups is 1. The first-order valence-electron chi connectivity index (χ1n) is 5.57. The van der Waals surface area contributed by atoms with Crippen molar-refractivity contribution >= 4 is 11.5 Å². The molecule has 0 bridgehead atoms. The van der Waals surface area contributed by atoms with E-state index in [1.807, 2.05) is 25.1 Å². The molecule has 0 spiro atoms. The molecule has 0 fully saturated rings. The molecule has 0 aliphatic heterocycles. The molecule has 0 saturated carbocycles. The average Bonchev–Trinajstić information content (AvgIpc) is 2.47. The van der Waals surface area contributed by atoms with Crippen molar-refractivity contribution in [2.24, 2.45) is 0 Å². The molecule has 1 aromatic heterocycles. The molecule has 1 atom stereocenters. The van der Waals surface area contributed by atoms with Gasteiger partial charge in [0.05, 0.1) is 5.69 Å². The largest absolute Gasteiger partial charge is 0.286 e. The lowest BCUT2D eigenvalue weighted by atomic mass is 10.0. The minimum Gasteiger partial charge on any atom is -0.286 e. The fourth-order valence-electron chi connectivity index (χ4n) is 1.58. The summed E-state index contributed by atoms with van der Waals surface area (Å²) in [5, 5.41) is 18.9. The van der Waals surface area contributed by atoms with Crippen LogP contribution in [0.5, 0.6) is 0 Å². The number of para-hydroxylation sites is 1. The summed E-state index contributed by atoms with van der Waals surface area (Å²) in [5.74, 6) is -0.201. The second-order valence-corrected chi connectivity index (χ2v) is 3.93. The van der Waals surface area contributed by atoms with Crippen molar-refractivity contribution < 1.29 is 5.21 Å². The molecular weight excluding hydrogens is 228 g/mol. The fraction of sp³-hybridized carbons (Fsp3) is 0.154. The maximum Gasteiger partial charge on any atom is 0.134 e. The van der Waals surface area contributed by atoms with Crippen LogP contribution in [0.3, 0.4) is 0 Å². The van der Waals surface area contributed by atoms with Crippen molar-refractivity contribution in [2.45, 2.75) is 12.8 Å². The molecule has 0 saturated heterocycles. The molecule has 0 aliphatic carbocycles. The molecular formula is C13H14N4O. The molecule has 0 radical (unpaired) electrons. The predicted octanol–water partition coefficient (Wildman–Crippen LogP) is 2.45. The number of benzene rings is 1. The summed E-state index contributed by atoms with van der Waals surface area (Å²) in [5.41, 5.74) is 1.35. The van der Waals surface area contributed by atoms with E-state index in [1.54, 1.807) is 24.5 Å². The molecule has 2 aromatic rings. The first-order valence-corrected chi connectivity index (χ1v) is 5.57. The van der Waals surface area contributed by atoms with E-state index in [0.717, 1.165) is 10.6 Å². The number of rotatable bonds is 3. The Hall–Kier alpha value is -2.27. The Balaban J connectivity index is 2.17. The standard InChI is InChI=1S/C13H14N4O/c1-10(11-7-15-9-16-8-11)13(14)17(18)12-5-3-2-4-6-12/h2-10,14,18H,1H3. The fourth-order valence-corrected chi connectivity index (χ4v) is 1.58. The number of hydroxylamine groups is 1. The van der Waals surface area contributed by atoms with Crippen molar-refractivity contribution in [3.8, 4) is 0 Å². The van der Waals surface area contributed by atoms with Gasteiger partial charge in [0.1, 0.15) is 12.2 Å². The highest BCUT2D eigenvalue weighted by molar-refractivity contribution is 5.97. The van der Waals surface area contributed by atoms with Crippen molar-refractivity contribution in [2.75, 3.05) is 5.06 Å². The van der Waals surface area contributed by atoms with Gasteiger partial charge in [-0.05, 0) is 17.7 Å². The van der Waals surface area contributed by atoms with E-state index in [0.29, 0.717) is 5.69 Å². The molecule has 92 valence electrons. The zero-order chi connectivity index (χ0) is 13.0. The van der Waals surface area contributed by atoms with Gasteiger partial charge in [-0.3, -0.25) is 10.6 Å². The first kappa shape index (κ1) is 12.2. The van der Waals surface area contributed by atoms with Crippen LogP contribution >= 0.6 is 0 Å². The molecule has 1 heterocycles. The molecule has 2 N–H and O–H groups in total. The van der Waals surface area contributed by atoms with E-state index in [9.17, 15) is 5.21 Å². The van der Waals surface area contributed by atoms with Gasteiger partial charge in [-0.25, -0.2) is 15.0 Å². The second kappa shape index (κ2) is 5.37. The summed E-state index contributed by atoms with van der Waals surface area (Å²) in [6.45, 7) is 1.83. The van der Waals surface area contributed by atoms with Gasteiger partial charge < -0.3 is 0 Å². The lowest BCUT2D eigenvalue weighted by molar-refractivity contribution is 0.307. The topological polar surface area (TPSA) is 73.1 Å². The smallest absolute Gasteiger partial charge is 0.134 e. The van der Waals surface area contributed by atoms with Gasteiger partial charge in [0.25, 0.3) is 0 Å². The molecule has 18 heavy (non-hydrogen) atoms. The number of anilines is 1. The summed E-state index contributed by atoms with van der Waals surface area (Å²) < 4.78 is 0. The third-order valence-corrected chi connectivity index (χ3v) is 2.72. The summed E-state index contributed by atoms with van der Waals surface area (Å²) in [6, 6.07) is 8.95. The minimum absolute atomic E-state index is 0.0796. The van der Waals surface area contributed by atoms with Crippen LogP contribution in [0, 0.1) is 5.41 Å². The average molecular weight is 242 g/mol. The van der Waals surface area contributed by atoms with Gasteiger partial charge in [0.2, 0.25) is 0 Å². The minimum atomic E-state index is -0.281. The Morgan fingerprint density at radius 1 is 1.22 bits per heavy atom. The normalized spacial score (nSPS) is 11.9. The molecule has 1 unspecified atom stereocenters. The zero-order valence-corrected chi connectivity index (χ0v) is 9.99. The van der Waals surface area contributed by atoms with Crippen LogP contribution in [0.1, 0.15) is 18.4 Å². The van der Waals surface area contributed by atoms with Crippen molar-refractivity contribution in [3.05, 3.63) is 54.6 Å². The number of aromatic nitrogens is 2. The van der Waals surface area contributed by atoms with E-state index < -0.39 is 0 Å². The highest BCUT2D eigenvalue weighted by Crippen LogP contribution is 2.20. The third-order valence-electron chi connectivity index (χ3n) is 2.72. The molecule has 5 nitrogen and oxygen atoms in total. The highest BCUT2D eigenvalue weighted by Gasteiger charge is 2.18. The monoisotopic (exact) mass is 242 g/mol. The van der Waals surface area contributed by atoms with Crippen molar-refractivity contribution in [3.63, 3.8) is 0 Å². The maximum atomic E-state index is 9.99. The van der Waals surface area contributed by atoms with E-state index in [-0.39, 0.29) is 11.8 Å². The second-order valence-electron chi connectivity index (χ2n) is 3.93. The van der Waals surface area contributed by atoms with Gasteiger partial charge in [-0.2, -0.15) is 0 Å². The quantitative estimate of drug-likeness (QED) is 0.492. The van der Waals surface area contributed by atoms with Crippen molar-refractivity contribution in [1.29, 1.82) is 5.41 Å². The lowest BCUT2D eigenvalue weighted by Gasteiger charge is -2.22. The molecule has 0 amide bonds. The molecule has 5 heteroatoms. The third kappa shape index (κ3) is 2.52. The van der Waals surface area contributed by atoms with E-state index in [4.69, 9.17) is 5.41 Å². The van der Waals surface area contributed by atoms with E-state index in [2.05, 4.69) is 9.97 Å². The highest BCUT2D eigenvalue weighted by atomic mass is 16.5.